The number of piperazine rings is 1. The van der Waals surface area contributed by atoms with Crippen molar-refractivity contribution in [2.75, 3.05) is 25.9 Å². The molecule has 1 aliphatic heterocycles. The van der Waals surface area contributed by atoms with Crippen molar-refractivity contribution < 1.29 is 12.8 Å². The molecular weight excluding hydrogens is 255 g/mol. The van der Waals surface area contributed by atoms with Gasteiger partial charge < -0.3 is 5.32 Å². The van der Waals surface area contributed by atoms with Crippen LogP contribution in [0.1, 0.15) is 12.5 Å². The maximum Gasteiger partial charge on any atom is 0.212 e. The van der Waals surface area contributed by atoms with Crippen LogP contribution in [0.2, 0.25) is 0 Å². The fraction of sp³-hybridized carbons (Fsp3) is 0.500. The summed E-state index contributed by atoms with van der Waals surface area (Å²) in [5.41, 5.74) is 0.126. The van der Waals surface area contributed by atoms with Gasteiger partial charge in [-0.1, -0.05) is 12.1 Å². The van der Waals surface area contributed by atoms with Gasteiger partial charge in [-0.05, 0) is 24.6 Å². The fourth-order valence-corrected chi connectivity index (χ4v) is 3.76. The highest BCUT2D eigenvalue weighted by Crippen LogP contribution is 2.31. The molecule has 1 aliphatic rings. The molecule has 1 aromatic rings. The monoisotopic (exact) mass is 272 g/mol. The number of nitrogens with zero attached hydrogens (tertiary/aromatic N) is 1. The summed E-state index contributed by atoms with van der Waals surface area (Å²) in [6.45, 7) is 3.43. The second kappa shape index (κ2) is 4.60. The Labute approximate surface area is 107 Å². The van der Waals surface area contributed by atoms with Crippen LogP contribution in [0.3, 0.4) is 0 Å². The van der Waals surface area contributed by atoms with Crippen molar-refractivity contribution in [2.24, 2.45) is 0 Å². The van der Waals surface area contributed by atoms with E-state index >= 15 is 0 Å². The van der Waals surface area contributed by atoms with Crippen LogP contribution in [0, 0.1) is 5.82 Å². The van der Waals surface area contributed by atoms with Crippen LogP contribution < -0.4 is 5.32 Å². The van der Waals surface area contributed by atoms with E-state index in [1.165, 1.54) is 22.7 Å². The first-order chi connectivity index (χ1) is 8.34. The highest BCUT2D eigenvalue weighted by Gasteiger charge is 2.41. The Hall–Kier alpha value is -0.980. The lowest BCUT2D eigenvalue weighted by Crippen LogP contribution is -2.59. The first kappa shape index (κ1) is 13.5. The van der Waals surface area contributed by atoms with Crippen LogP contribution in [0.4, 0.5) is 4.39 Å². The van der Waals surface area contributed by atoms with Gasteiger partial charge >= 0.3 is 0 Å². The molecule has 2 rings (SSSR count). The average Bonchev–Trinajstić information content (AvgIpc) is 2.28. The Balaban J connectivity index is 2.45. The van der Waals surface area contributed by atoms with E-state index in [0.717, 1.165) is 5.56 Å². The van der Waals surface area contributed by atoms with Crippen molar-refractivity contribution in [1.82, 2.24) is 9.62 Å². The molecule has 0 amide bonds. The number of halogens is 1. The van der Waals surface area contributed by atoms with Crippen molar-refractivity contribution in [3.8, 4) is 0 Å². The minimum absolute atomic E-state index is 0.322. The van der Waals surface area contributed by atoms with Gasteiger partial charge in [0.05, 0.1) is 11.8 Å². The van der Waals surface area contributed by atoms with E-state index in [2.05, 4.69) is 5.32 Å². The van der Waals surface area contributed by atoms with E-state index in [1.807, 2.05) is 6.92 Å². The summed E-state index contributed by atoms with van der Waals surface area (Å²) in [6, 6.07) is 5.99. The molecule has 0 aliphatic carbocycles. The van der Waals surface area contributed by atoms with Gasteiger partial charge in [-0.3, -0.25) is 0 Å². The molecule has 18 heavy (non-hydrogen) atoms. The molecular formula is C12H17FN2O2S. The van der Waals surface area contributed by atoms with Crippen molar-refractivity contribution >= 4 is 10.0 Å². The van der Waals surface area contributed by atoms with Crippen molar-refractivity contribution in [3.05, 3.63) is 35.6 Å². The normalized spacial score (nSPS) is 26.2. The smallest absolute Gasteiger partial charge is 0.212 e. The van der Waals surface area contributed by atoms with Gasteiger partial charge in [0.15, 0.2) is 0 Å². The maximum atomic E-state index is 13.0. The summed E-state index contributed by atoms with van der Waals surface area (Å²) in [4.78, 5) is 0. The SMILES string of the molecule is CC1(c2ccc(F)cc2)CNCCN1S(C)(=O)=O. The highest BCUT2D eigenvalue weighted by molar-refractivity contribution is 7.88. The Morgan fingerprint density at radius 3 is 2.50 bits per heavy atom. The summed E-state index contributed by atoms with van der Waals surface area (Å²) >= 11 is 0. The van der Waals surface area contributed by atoms with Crippen LogP contribution in [0.15, 0.2) is 24.3 Å². The zero-order valence-corrected chi connectivity index (χ0v) is 11.3. The Kier molecular flexibility index (Phi) is 3.44. The largest absolute Gasteiger partial charge is 0.313 e. The first-order valence-corrected chi connectivity index (χ1v) is 7.63. The summed E-state index contributed by atoms with van der Waals surface area (Å²) in [5, 5.41) is 3.19. The summed E-state index contributed by atoms with van der Waals surface area (Å²) in [6.07, 6.45) is 1.21. The van der Waals surface area contributed by atoms with Gasteiger partial charge in [0.25, 0.3) is 0 Å². The lowest BCUT2D eigenvalue weighted by molar-refractivity contribution is 0.167. The number of nitrogens with one attached hydrogen (secondary N) is 1. The third-order valence-corrected chi connectivity index (χ3v) is 4.76. The molecule has 6 heteroatoms. The van der Waals surface area contributed by atoms with Crippen LogP contribution in [0.25, 0.3) is 0 Å². The highest BCUT2D eigenvalue weighted by atomic mass is 32.2. The van der Waals surface area contributed by atoms with Crippen molar-refractivity contribution in [3.63, 3.8) is 0 Å². The third kappa shape index (κ3) is 2.41. The maximum absolute atomic E-state index is 13.0. The molecule has 1 unspecified atom stereocenters. The third-order valence-electron chi connectivity index (χ3n) is 3.38. The van der Waals surface area contributed by atoms with Gasteiger partial charge in [0.1, 0.15) is 5.82 Å². The van der Waals surface area contributed by atoms with E-state index in [0.29, 0.717) is 19.6 Å². The molecule has 1 aromatic carbocycles. The summed E-state index contributed by atoms with van der Waals surface area (Å²) in [5.74, 6) is -0.322. The van der Waals surface area contributed by atoms with E-state index < -0.39 is 15.6 Å². The number of sulfonamides is 1. The van der Waals surface area contributed by atoms with Crippen LogP contribution >= 0.6 is 0 Å². The van der Waals surface area contributed by atoms with Gasteiger partial charge in [0, 0.05) is 19.6 Å². The lowest BCUT2D eigenvalue weighted by atomic mass is 9.90. The Bertz CT molecular complexity index is 530. The molecule has 100 valence electrons. The average molecular weight is 272 g/mol. The molecule has 1 heterocycles. The molecule has 1 N–H and O–H groups in total. The number of hydrogen-bond donors (Lipinski definition) is 1. The lowest BCUT2D eigenvalue weighted by Gasteiger charge is -2.43. The fourth-order valence-electron chi connectivity index (χ4n) is 2.43. The van der Waals surface area contributed by atoms with Crippen LogP contribution in [0.5, 0.6) is 0 Å². The zero-order valence-electron chi connectivity index (χ0n) is 10.5. The number of rotatable bonds is 2. The van der Waals surface area contributed by atoms with Gasteiger partial charge in [-0.2, -0.15) is 4.31 Å². The van der Waals surface area contributed by atoms with Crippen molar-refractivity contribution in [2.45, 2.75) is 12.5 Å². The molecule has 0 spiro atoms. The molecule has 1 fully saturated rings. The minimum atomic E-state index is -3.29. The first-order valence-electron chi connectivity index (χ1n) is 5.78. The summed E-state index contributed by atoms with van der Waals surface area (Å²) in [7, 11) is -3.29. The topological polar surface area (TPSA) is 49.4 Å². The Morgan fingerprint density at radius 1 is 1.33 bits per heavy atom. The molecule has 0 radical (unpaired) electrons. The van der Waals surface area contributed by atoms with Gasteiger partial charge in [-0.15, -0.1) is 0 Å². The standard InChI is InChI=1S/C12H17FN2O2S/c1-12(10-3-5-11(13)6-4-10)9-14-7-8-15(12)18(2,16)17/h3-6,14H,7-9H2,1-2H3. The molecule has 4 nitrogen and oxygen atoms in total. The molecule has 1 atom stereocenters. The number of benzene rings is 1. The van der Waals surface area contributed by atoms with Gasteiger partial charge in [-0.25, -0.2) is 12.8 Å². The van der Waals surface area contributed by atoms with Gasteiger partial charge in [0.2, 0.25) is 10.0 Å². The zero-order chi connectivity index (χ0) is 13.4. The summed E-state index contributed by atoms with van der Waals surface area (Å²) < 4.78 is 38.2. The van der Waals surface area contributed by atoms with Crippen LogP contribution in [-0.2, 0) is 15.6 Å². The molecule has 0 aromatic heterocycles. The number of hydrogen-bond acceptors (Lipinski definition) is 3. The van der Waals surface area contributed by atoms with E-state index in [-0.39, 0.29) is 5.82 Å². The molecule has 0 saturated carbocycles. The second-order valence-electron chi connectivity index (χ2n) is 4.79. The van der Waals surface area contributed by atoms with Crippen LogP contribution in [-0.4, -0.2) is 38.6 Å². The van der Waals surface area contributed by atoms with E-state index in [4.69, 9.17) is 0 Å². The quantitative estimate of drug-likeness (QED) is 0.870. The predicted octanol–water partition coefficient (Wildman–Crippen LogP) is 0.906. The minimum Gasteiger partial charge on any atom is -0.313 e. The Morgan fingerprint density at radius 2 is 1.94 bits per heavy atom. The molecule has 0 bridgehead atoms. The van der Waals surface area contributed by atoms with E-state index in [9.17, 15) is 12.8 Å². The molecule has 1 saturated heterocycles. The predicted molar refractivity (Wildman–Crippen MR) is 68.2 cm³/mol. The van der Waals surface area contributed by atoms with E-state index in [1.54, 1.807) is 12.1 Å². The second-order valence-corrected chi connectivity index (χ2v) is 6.70. The van der Waals surface area contributed by atoms with Crippen molar-refractivity contribution in [1.29, 1.82) is 0 Å².